The first kappa shape index (κ1) is 21.6. The fourth-order valence-corrected chi connectivity index (χ4v) is 5.57. The molecule has 0 unspecified atom stereocenters. The first-order chi connectivity index (χ1) is 14.5. The number of amides is 1. The van der Waals surface area contributed by atoms with Crippen molar-refractivity contribution in [2.45, 2.75) is 11.3 Å². The standard InChI is InChI=1S/C21H21Cl2N3O2S2/c1-28-20-16(23)6-7-17-19(20)24-21(30-17)26-11-9-25(10-12-26)18(27)8-13-29-15-4-2-14(22)3-5-15/h2-7H,8-13H2,1H3. The Morgan fingerprint density at radius 2 is 1.87 bits per heavy atom. The molecule has 1 aliphatic rings. The number of rotatable bonds is 6. The second-order valence-corrected chi connectivity index (χ2v) is 9.87. The highest BCUT2D eigenvalue weighted by Crippen LogP contribution is 2.38. The Morgan fingerprint density at radius 1 is 1.13 bits per heavy atom. The van der Waals surface area contributed by atoms with Crippen molar-refractivity contribution in [2.75, 3.05) is 43.9 Å². The summed E-state index contributed by atoms with van der Waals surface area (Å²) in [6, 6.07) is 11.5. The molecule has 0 spiro atoms. The number of carbonyl (C=O) groups excluding carboxylic acids is 1. The number of nitrogens with zero attached hydrogens (tertiary/aromatic N) is 3. The van der Waals surface area contributed by atoms with Crippen molar-refractivity contribution in [3.8, 4) is 5.75 Å². The van der Waals surface area contributed by atoms with E-state index in [9.17, 15) is 4.79 Å². The maximum atomic E-state index is 12.6. The number of fused-ring (bicyclic) bond motifs is 1. The molecular weight excluding hydrogens is 461 g/mol. The predicted octanol–water partition coefficient (Wildman–Crippen LogP) is 5.44. The van der Waals surface area contributed by atoms with Gasteiger partial charge in [0.2, 0.25) is 5.91 Å². The second kappa shape index (κ2) is 9.64. The molecule has 2 heterocycles. The highest BCUT2D eigenvalue weighted by Gasteiger charge is 2.23. The van der Waals surface area contributed by atoms with Crippen molar-refractivity contribution in [3.05, 3.63) is 46.4 Å². The van der Waals surface area contributed by atoms with Gasteiger partial charge in [-0.15, -0.1) is 11.8 Å². The van der Waals surface area contributed by atoms with Crippen LogP contribution in [0, 0.1) is 0 Å². The van der Waals surface area contributed by atoms with Crippen LogP contribution in [0.3, 0.4) is 0 Å². The number of ether oxygens (including phenoxy) is 1. The fourth-order valence-electron chi connectivity index (χ4n) is 3.36. The smallest absolute Gasteiger partial charge is 0.223 e. The van der Waals surface area contributed by atoms with E-state index in [-0.39, 0.29) is 5.91 Å². The van der Waals surface area contributed by atoms with Gasteiger partial charge in [-0.3, -0.25) is 4.79 Å². The number of piperazine rings is 1. The van der Waals surface area contributed by atoms with Crippen molar-refractivity contribution in [1.29, 1.82) is 0 Å². The third-order valence-electron chi connectivity index (χ3n) is 4.96. The number of carbonyl (C=O) groups is 1. The van der Waals surface area contributed by atoms with Gasteiger partial charge in [0.25, 0.3) is 0 Å². The van der Waals surface area contributed by atoms with E-state index < -0.39 is 0 Å². The van der Waals surface area contributed by atoms with Crippen LogP contribution in [0.1, 0.15) is 6.42 Å². The van der Waals surface area contributed by atoms with E-state index in [1.54, 1.807) is 30.2 Å². The number of thioether (sulfide) groups is 1. The zero-order chi connectivity index (χ0) is 21.1. The predicted molar refractivity (Wildman–Crippen MR) is 127 cm³/mol. The summed E-state index contributed by atoms with van der Waals surface area (Å²) in [7, 11) is 1.61. The lowest BCUT2D eigenvalue weighted by molar-refractivity contribution is -0.131. The molecule has 2 aromatic carbocycles. The largest absolute Gasteiger partial charge is 0.493 e. The van der Waals surface area contributed by atoms with Gasteiger partial charge in [-0.25, -0.2) is 4.98 Å². The normalized spacial score (nSPS) is 14.4. The Morgan fingerprint density at radius 3 is 2.57 bits per heavy atom. The molecule has 1 fully saturated rings. The van der Waals surface area contributed by atoms with Crippen molar-refractivity contribution >= 4 is 67.6 Å². The first-order valence-corrected chi connectivity index (χ1v) is 12.1. The molecule has 5 nitrogen and oxygen atoms in total. The van der Waals surface area contributed by atoms with E-state index >= 15 is 0 Å². The quantitative estimate of drug-likeness (QED) is 0.438. The first-order valence-electron chi connectivity index (χ1n) is 9.59. The molecule has 1 saturated heterocycles. The number of benzene rings is 2. The Kier molecular flexibility index (Phi) is 6.93. The third kappa shape index (κ3) is 4.80. The van der Waals surface area contributed by atoms with Crippen molar-refractivity contribution in [1.82, 2.24) is 9.88 Å². The summed E-state index contributed by atoms with van der Waals surface area (Å²) in [5.41, 5.74) is 0.794. The monoisotopic (exact) mass is 481 g/mol. The molecule has 30 heavy (non-hydrogen) atoms. The summed E-state index contributed by atoms with van der Waals surface area (Å²) in [6.45, 7) is 2.95. The van der Waals surface area contributed by atoms with Crippen LogP contribution in [0.2, 0.25) is 10.0 Å². The minimum absolute atomic E-state index is 0.203. The van der Waals surface area contributed by atoms with E-state index in [0.717, 1.165) is 44.1 Å². The van der Waals surface area contributed by atoms with Gasteiger partial charge in [0, 0.05) is 48.3 Å². The van der Waals surface area contributed by atoms with Gasteiger partial charge in [0.15, 0.2) is 10.9 Å². The Balaban J connectivity index is 1.30. The number of methoxy groups -OCH3 is 1. The summed E-state index contributed by atoms with van der Waals surface area (Å²) < 4.78 is 6.46. The molecule has 1 aliphatic heterocycles. The van der Waals surface area contributed by atoms with Gasteiger partial charge in [-0.2, -0.15) is 0 Å². The highest BCUT2D eigenvalue weighted by molar-refractivity contribution is 7.99. The maximum absolute atomic E-state index is 12.6. The second-order valence-electron chi connectivity index (χ2n) is 6.84. The van der Waals surface area contributed by atoms with E-state index in [4.69, 9.17) is 32.9 Å². The minimum atomic E-state index is 0.203. The molecule has 0 bridgehead atoms. The van der Waals surface area contributed by atoms with E-state index in [1.807, 2.05) is 41.3 Å². The molecule has 0 saturated carbocycles. The topological polar surface area (TPSA) is 45.7 Å². The summed E-state index contributed by atoms with van der Waals surface area (Å²) in [4.78, 5) is 22.6. The zero-order valence-electron chi connectivity index (χ0n) is 16.4. The number of aromatic nitrogens is 1. The molecule has 1 amide bonds. The van der Waals surface area contributed by atoms with Gasteiger partial charge < -0.3 is 14.5 Å². The van der Waals surface area contributed by atoms with E-state index in [0.29, 0.717) is 30.3 Å². The molecule has 0 atom stereocenters. The number of hydrogen-bond donors (Lipinski definition) is 0. The summed E-state index contributed by atoms with van der Waals surface area (Å²) in [5.74, 6) is 1.58. The van der Waals surface area contributed by atoms with Crippen LogP contribution >= 0.6 is 46.3 Å². The number of thiazole rings is 1. The molecule has 1 aromatic heterocycles. The van der Waals surface area contributed by atoms with Crippen LogP contribution < -0.4 is 9.64 Å². The van der Waals surface area contributed by atoms with Crippen LogP contribution in [0.15, 0.2) is 41.3 Å². The SMILES string of the molecule is COc1c(Cl)ccc2sc(N3CCN(C(=O)CCSc4ccc(Cl)cc4)CC3)nc12. The van der Waals surface area contributed by atoms with Crippen LogP contribution in [0.5, 0.6) is 5.75 Å². The third-order valence-corrected chi connectivity index (χ3v) is 7.61. The molecular formula is C21H21Cl2N3O2S2. The molecule has 9 heteroatoms. The molecule has 158 valence electrons. The van der Waals surface area contributed by atoms with Crippen LogP contribution in [-0.4, -0.2) is 54.8 Å². The lowest BCUT2D eigenvalue weighted by Crippen LogP contribution is -2.48. The maximum Gasteiger partial charge on any atom is 0.223 e. The lowest BCUT2D eigenvalue weighted by atomic mass is 10.3. The van der Waals surface area contributed by atoms with Gasteiger partial charge in [-0.1, -0.05) is 34.5 Å². The van der Waals surface area contributed by atoms with Crippen LogP contribution in [0.25, 0.3) is 10.2 Å². The Bertz CT molecular complexity index is 1030. The molecule has 0 radical (unpaired) electrons. The van der Waals surface area contributed by atoms with Crippen LogP contribution in [0.4, 0.5) is 5.13 Å². The lowest BCUT2D eigenvalue weighted by Gasteiger charge is -2.34. The van der Waals surface area contributed by atoms with Gasteiger partial charge >= 0.3 is 0 Å². The number of halogens is 2. The van der Waals surface area contributed by atoms with Gasteiger partial charge in [-0.05, 0) is 36.4 Å². The number of anilines is 1. The van der Waals surface area contributed by atoms with E-state index in [2.05, 4.69) is 4.90 Å². The zero-order valence-corrected chi connectivity index (χ0v) is 19.6. The van der Waals surface area contributed by atoms with E-state index in [1.165, 1.54) is 0 Å². The minimum Gasteiger partial charge on any atom is -0.493 e. The van der Waals surface area contributed by atoms with Crippen molar-refractivity contribution in [3.63, 3.8) is 0 Å². The van der Waals surface area contributed by atoms with Gasteiger partial charge in [0.1, 0.15) is 5.52 Å². The summed E-state index contributed by atoms with van der Waals surface area (Å²) in [6.07, 6.45) is 0.532. The van der Waals surface area contributed by atoms with Crippen molar-refractivity contribution in [2.24, 2.45) is 0 Å². The molecule has 3 aromatic rings. The fraction of sp³-hybridized carbons (Fsp3) is 0.333. The Hall–Kier alpha value is -1.67. The van der Waals surface area contributed by atoms with Crippen LogP contribution in [-0.2, 0) is 4.79 Å². The average Bonchev–Trinajstić information content (AvgIpc) is 3.19. The molecule has 0 aliphatic carbocycles. The number of hydrogen-bond acceptors (Lipinski definition) is 6. The summed E-state index contributed by atoms with van der Waals surface area (Å²) >= 11 is 15.4. The highest BCUT2D eigenvalue weighted by atomic mass is 35.5. The molecule has 4 rings (SSSR count). The summed E-state index contributed by atoms with van der Waals surface area (Å²) in [5, 5.41) is 2.23. The molecule has 0 N–H and O–H groups in total. The Labute approximate surface area is 193 Å². The van der Waals surface area contributed by atoms with Crippen molar-refractivity contribution < 1.29 is 9.53 Å². The van der Waals surface area contributed by atoms with Gasteiger partial charge in [0.05, 0.1) is 16.8 Å². The average molecular weight is 482 g/mol.